The maximum absolute atomic E-state index is 12.3. The molecule has 21 heavy (non-hydrogen) atoms. The van der Waals surface area contributed by atoms with Crippen LogP contribution in [-0.2, 0) is 19.1 Å². The Hall–Kier alpha value is -1.50. The predicted octanol–water partition coefficient (Wildman–Crippen LogP) is 0.673. The normalized spacial score (nSPS) is 28.6. The number of nitrogens with zero attached hydrogens (tertiary/aromatic N) is 1. The molecule has 7 heteroatoms. The highest BCUT2D eigenvalue weighted by Crippen LogP contribution is 2.40. The van der Waals surface area contributed by atoms with Crippen molar-refractivity contribution >= 4 is 29.5 Å². The van der Waals surface area contributed by atoms with Crippen molar-refractivity contribution in [1.29, 1.82) is 0 Å². The van der Waals surface area contributed by atoms with Crippen LogP contribution in [0.25, 0.3) is 0 Å². The van der Waals surface area contributed by atoms with Gasteiger partial charge in [0, 0.05) is 12.7 Å². The SMILES string of the molecule is C=C1CS[C@H]2[C@H](NC(C)=O)C(=O)N2C1C(=O)OC(C)(C)C. The van der Waals surface area contributed by atoms with E-state index >= 15 is 0 Å². The molecule has 3 atom stereocenters. The third-order valence-electron chi connectivity index (χ3n) is 3.17. The Morgan fingerprint density at radius 2 is 2.05 bits per heavy atom. The molecule has 0 aliphatic carbocycles. The van der Waals surface area contributed by atoms with Gasteiger partial charge in [-0.15, -0.1) is 11.8 Å². The number of hydrogen-bond acceptors (Lipinski definition) is 5. The largest absolute Gasteiger partial charge is 0.458 e. The summed E-state index contributed by atoms with van der Waals surface area (Å²) in [6.45, 7) is 10.6. The number of hydrogen-bond donors (Lipinski definition) is 1. The minimum Gasteiger partial charge on any atom is -0.458 e. The molecule has 0 aromatic carbocycles. The number of fused-ring (bicyclic) bond motifs is 1. The van der Waals surface area contributed by atoms with Gasteiger partial charge in [0.15, 0.2) is 6.04 Å². The lowest BCUT2D eigenvalue weighted by Crippen LogP contribution is -2.74. The number of carbonyl (C=O) groups excluding carboxylic acids is 3. The second-order valence-corrected chi connectivity index (χ2v) is 7.32. The molecule has 0 saturated carbocycles. The molecule has 0 spiro atoms. The Labute approximate surface area is 128 Å². The smallest absolute Gasteiger partial charge is 0.333 e. The van der Waals surface area contributed by atoms with Crippen LogP contribution in [0.2, 0.25) is 0 Å². The molecule has 2 rings (SSSR count). The lowest BCUT2D eigenvalue weighted by molar-refractivity contribution is -0.170. The molecular formula is C14H20N2O4S. The van der Waals surface area contributed by atoms with Gasteiger partial charge in [0.2, 0.25) is 11.8 Å². The number of ether oxygens (including phenoxy) is 1. The van der Waals surface area contributed by atoms with E-state index in [1.165, 1.54) is 23.6 Å². The monoisotopic (exact) mass is 312 g/mol. The zero-order valence-electron chi connectivity index (χ0n) is 12.6. The van der Waals surface area contributed by atoms with Gasteiger partial charge in [0.1, 0.15) is 17.0 Å². The highest BCUT2D eigenvalue weighted by Gasteiger charge is 2.56. The van der Waals surface area contributed by atoms with Crippen LogP contribution in [0.3, 0.4) is 0 Å². The van der Waals surface area contributed by atoms with Gasteiger partial charge in [0.05, 0.1) is 0 Å². The van der Waals surface area contributed by atoms with E-state index in [0.717, 1.165) is 0 Å². The minimum absolute atomic E-state index is 0.232. The molecule has 2 aliphatic heterocycles. The van der Waals surface area contributed by atoms with Gasteiger partial charge in [-0.3, -0.25) is 9.59 Å². The number of esters is 1. The quantitative estimate of drug-likeness (QED) is 0.461. The fraction of sp³-hybridized carbons (Fsp3) is 0.643. The maximum atomic E-state index is 12.3. The van der Waals surface area contributed by atoms with E-state index in [9.17, 15) is 14.4 Å². The van der Waals surface area contributed by atoms with Crippen molar-refractivity contribution in [3.63, 3.8) is 0 Å². The minimum atomic E-state index is -0.756. The molecule has 2 saturated heterocycles. The van der Waals surface area contributed by atoms with Gasteiger partial charge in [0.25, 0.3) is 0 Å². The Morgan fingerprint density at radius 1 is 1.43 bits per heavy atom. The van der Waals surface area contributed by atoms with E-state index in [4.69, 9.17) is 4.74 Å². The fourth-order valence-electron chi connectivity index (χ4n) is 2.40. The highest BCUT2D eigenvalue weighted by molar-refractivity contribution is 8.00. The summed E-state index contributed by atoms with van der Waals surface area (Å²) in [5.74, 6) is -0.423. The molecule has 2 heterocycles. The van der Waals surface area contributed by atoms with Crippen LogP contribution in [0.5, 0.6) is 0 Å². The van der Waals surface area contributed by atoms with Gasteiger partial charge >= 0.3 is 5.97 Å². The molecule has 1 N–H and O–H groups in total. The van der Waals surface area contributed by atoms with Crippen LogP contribution in [0.4, 0.5) is 0 Å². The zero-order valence-corrected chi connectivity index (χ0v) is 13.5. The van der Waals surface area contributed by atoms with Crippen LogP contribution >= 0.6 is 11.8 Å². The summed E-state index contributed by atoms with van der Waals surface area (Å²) in [5.41, 5.74) is 0.0303. The molecule has 2 amide bonds. The molecule has 0 aromatic heterocycles. The van der Waals surface area contributed by atoms with Gasteiger partial charge in [-0.2, -0.15) is 0 Å². The Kier molecular flexibility index (Phi) is 4.06. The lowest BCUT2D eigenvalue weighted by Gasteiger charge is -2.52. The van der Waals surface area contributed by atoms with Crippen molar-refractivity contribution in [1.82, 2.24) is 10.2 Å². The summed E-state index contributed by atoms with van der Waals surface area (Å²) in [6, 6.07) is -1.32. The highest BCUT2D eigenvalue weighted by atomic mass is 32.2. The van der Waals surface area contributed by atoms with Crippen LogP contribution < -0.4 is 5.32 Å². The van der Waals surface area contributed by atoms with E-state index in [1.807, 2.05) is 0 Å². The molecular weight excluding hydrogens is 292 g/mol. The Bertz CT molecular complexity index is 512. The molecule has 1 unspecified atom stereocenters. The first-order chi connectivity index (χ1) is 9.61. The summed E-state index contributed by atoms with van der Waals surface area (Å²) in [6.07, 6.45) is 0. The number of nitrogens with one attached hydrogen (secondary N) is 1. The van der Waals surface area contributed by atoms with Crippen molar-refractivity contribution in [2.24, 2.45) is 0 Å². The van der Waals surface area contributed by atoms with Crippen molar-refractivity contribution in [2.45, 2.75) is 50.8 Å². The van der Waals surface area contributed by atoms with Crippen molar-refractivity contribution in [3.8, 4) is 0 Å². The summed E-state index contributed by atoms with van der Waals surface area (Å²) < 4.78 is 5.37. The van der Waals surface area contributed by atoms with Crippen molar-refractivity contribution < 1.29 is 19.1 Å². The predicted molar refractivity (Wildman–Crippen MR) is 79.5 cm³/mol. The lowest BCUT2D eigenvalue weighted by atomic mass is 9.98. The average molecular weight is 312 g/mol. The Morgan fingerprint density at radius 3 is 2.57 bits per heavy atom. The zero-order chi connectivity index (χ0) is 15.9. The van der Waals surface area contributed by atoms with E-state index in [1.54, 1.807) is 20.8 Å². The first-order valence-corrected chi connectivity index (χ1v) is 7.78. The van der Waals surface area contributed by atoms with E-state index < -0.39 is 23.7 Å². The molecule has 6 nitrogen and oxygen atoms in total. The number of thioether (sulfide) groups is 1. The van der Waals surface area contributed by atoms with Gasteiger partial charge in [-0.05, 0) is 26.3 Å². The third-order valence-corrected chi connectivity index (χ3v) is 4.55. The maximum Gasteiger partial charge on any atom is 0.333 e. The van der Waals surface area contributed by atoms with Crippen LogP contribution in [0.15, 0.2) is 12.2 Å². The van der Waals surface area contributed by atoms with E-state index in [2.05, 4.69) is 11.9 Å². The second-order valence-electron chi connectivity index (χ2n) is 6.22. The van der Waals surface area contributed by atoms with Gasteiger partial charge in [-0.25, -0.2) is 4.79 Å². The third kappa shape index (κ3) is 3.07. The molecule has 0 aromatic rings. The Balaban J connectivity index is 2.15. The number of carbonyl (C=O) groups is 3. The van der Waals surface area contributed by atoms with Gasteiger partial charge in [-0.1, -0.05) is 6.58 Å². The average Bonchev–Trinajstić information content (AvgIpc) is 2.33. The first kappa shape index (κ1) is 15.9. The first-order valence-electron chi connectivity index (χ1n) is 6.73. The van der Waals surface area contributed by atoms with E-state index in [0.29, 0.717) is 11.3 Å². The fourth-order valence-corrected chi connectivity index (χ4v) is 3.70. The van der Waals surface area contributed by atoms with Crippen LogP contribution in [0, 0.1) is 0 Å². The molecule has 0 bridgehead atoms. The van der Waals surface area contributed by atoms with E-state index in [-0.39, 0.29) is 17.2 Å². The molecule has 116 valence electrons. The van der Waals surface area contributed by atoms with Crippen LogP contribution in [-0.4, -0.2) is 51.5 Å². The number of β-lactam (4-membered cyclic amide) rings is 1. The van der Waals surface area contributed by atoms with Crippen molar-refractivity contribution in [2.75, 3.05) is 5.75 Å². The summed E-state index contributed by atoms with van der Waals surface area (Å²) in [7, 11) is 0. The standard InChI is InChI=1S/C14H20N2O4S/c1-7-6-21-12-9(15-8(2)17)11(18)16(12)10(7)13(19)20-14(3,4)5/h9-10,12H,1,6H2,2-5H3,(H,15,17)/t9-,10?,12+/m1/s1. The number of rotatable bonds is 2. The van der Waals surface area contributed by atoms with Crippen molar-refractivity contribution in [3.05, 3.63) is 12.2 Å². The topological polar surface area (TPSA) is 75.7 Å². The summed E-state index contributed by atoms with van der Waals surface area (Å²) in [4.78, 5) is 37.1. The number of amides is 2. The molecule has 2 aliphatic rings. The summed E-state index contributed by atoms with van der Waals surface area (Å²) in [5, 5.41) is 2.39. The second kappa shape index (κ2) is 5.36. The van der Waals surface area contributed by atoms with Crippen LogP contribution in [0.1, 0.15) is 27.7 Å². The molecule has 0 radical (unpaired) electrons. The molecule has 2 fully saturated rings. The summed E-state index contributed by atoms with van der Waals surface area (Å²) >= 11 is 1.50. The van der Waals surface area contributed by atoms with Gasteiger partial charge < -0.3 is 15.0 Å².